The lowest BCUT2D eigenvalue weighted by Gasteiger charge is -2.24. The number of hydrogen-bond acceptors (Lipinski definition) is 4. The summed E-state index contributed by atoms with van der Waals surface area (Å²) in [5, 5.41) is 2.78. The Labute approximate surface area is 215 Å². The van der Waals surface area contributed by atoms with Crippen molar-refractivity contribution in [2.45, 2.75) is 51.3 Å². The first kappa shape index (κ1) is 27.3. The molecule has 0 aliphatic rings. The van der Waals surface area contributed by atoms with Crippen LogP contribution in [0, 0.1) is 6.92 Å². The number of carbonyl (C=O) groups excluding carboxylic acids is 1. The smallest absolute Gasteiger partial charge is 0.264 e. The number of nitrogens with one attached hydrogen (secondary N) is 1. The SMILES string of the molecule is CCCc1ccc(OCCNC(=O)CN(c2ccc(C(C)C)cc2)S(=O)(=O)c2ccc(C)cc2)cc1. The second kappa shape index (κ2) is 12.6. The lowest BCUT2D eigenvalue weighted by atomic mass is 10.0. The molecule has 0 fully saturated rings. The minimum atomic E-state index is -3.94. The first-order valence-electron chi connectivity index (χ1n) is 12.4. The Morgan fingerprint density at radius 1 is 0.944 bits per heavy atom. The first-order chi connectivity index (χ1) is 17.2. The van der Waals surface area contributed by atoms with Crippen molar-refractivity contribution in [2.24, 2.45) is 0 Å². The third-order valence-electron chi connectivity index (χ3n) is 5.90. The summed E-state index contributed by atoms with van der Waals surface area (Å²) < 4.78 is 33.9. The Bertz CT molecular complexity index is 1220. The molecule has 3 rings (SSSR count). The molecule has 7 heteroatoms. The number of benzene rings is 3. The molecule has 0 unspecified atom stereocenters. The highest BCUT2D eigenvalue weighted by molar-refractivity contribution is 7.92. The molecule has 0 aliphatic heterocycles. The average Bonchev–Trinajstić information content (AvgIpc) is 2.86. The molecule has 1 N–H and O–H groups in total. The van der Waals surface area contributed by atoms with Crippen molar-refractivity contribution >= 4 is 21.6 Å². The monoisotopic (exact) mass is 508 g/mol. The molecule has 0 bridgehead atoms. The van der Waals surface area contributed by atoms with Gasteiger partial charge in [0.15, 0.2) is 0 Å². The number of sulfonamides is 1. The molecule has 36 heavy (non-hydrogen) atoms. The average molecular weight is 509 g/mol. The second-order valence-corrected chi connectivity index (χ2v) is 11.0. The van der Waals surface area contributed by atoms with E-state index in [2.05, 4.69) is 26.1 Å². The van der Waals surface area contributed by atoms with Crippen molar-refractivity contribution in [3.8, 4) is 5.75 Å². The Kier molecular flexibility index (Phi) is 9.53. The molecule has 0 saturated heterocycles. The highest BCUT2D eigenvalue weighted by Gasteiger charge is 2.27. The van der Waals surface area contributed by atoms with Gasteiger partial charge in [-0.1, -0.05) is 69.2 Å². The van der Waals surface area contributed by atoms with Gasteiger partial charge in [-0.05, 0) is 66.8 Å². The number of nitrogens with zero attached hydrogens (tertiary/aromatic N) is 1. The third-order valence-corrected chi connectivity index (χ3v) is 7.69. The molecular weight excluding hydrogens is 472 g/mol. The van der Waals surface area contributed by atoms with Crippen LogP contribution in [-0.4, -0.2) is 34.0 Å². The second-order valence-electron chi connectivity index (χ2n) is 9.16. The fraction of sp³-hybridized carbons (Fsp3) is 0.345. The number of aryl methyl sites for hydroxylation is 2. The van der Waals surface area contributed by atoms with Crippen LogP contribution in [0.4, 0.5) is 5.69 Å². The van der Waals surface area contributed by atoms with E-state index in [0.29, 0.717) is 11.6 Å². The van der Waals surface area contributed by atoms with Gasteiger partial charge in [0.2, 0.25) is 5.91 Å². The van der Waals surface area contributed by atoms with Crippen LogP contribution in [0.1, 0.15) is 49.8 Å². The largest absolute Gasteiger partial charge is 0.492 e. The van der Waals surface area contributed by atoms with Gasteiger partial charge < -0.3 is 10.1 Å². The fourth-order valence-corrected chi connectivity index (χ4v) is 5.19. The van der Waals surface area contributed by atoms with Crippen LogP contribution >= 0.6 is 0 Å². The minimum Gasteiger partial charge on any atom is -0.492 e. The molecule has 0 radical (unpaired) electrons. The van der Waals surface area contributed by atoms with Crippen LogP contribution in [0.5, 0.6) is 5.75 Å². The number of anilines is 1. The third kappa shape index (κ3) is 7.34. The van der Waals surface area contributed by atoms with Gasteiger partial charge in [-0.3, -0.25) is 9.10 Å². The van der Waals surface area contributed by atoms with Gasteiger partial charge in [-0.15, -0.1) is 0 Å². The Hall–Kier alpha value is -3.32. The number of amides is 1. The molecule has 0 spiro atoms. The summed E-state index contributed by atoms with van der Waals surface area (Å²) in [5.74, 6) is 0.644. The summed E-state index contributed by atoms with van der Waals surface area (Å²) >= 11 is 0. The topological polar surface area (TPSA) is 75.7 Å². The zero-order chi connectivity index (χ0) is 26.1. The van der Waals surface area contributed by atoms with Crippen LogP contribution < -0.4 is 14.4 Å². The Morgan fingerprint density at radius 3 is 2.17 bits per heavy atom. The number of hydrogen-bond donors (Lipinski definition) is 1. The molecule has 1 amide bonds. The zero-order valence-corrected chi connectivity index (χ0v) is 22.3. The lowest BCUT2D eigenvalue weighted by molar-refractivity contribution is -0.119. The standard InChI is InChI=1S/C29H36N2O4S/c1-5-6-24-9-15-27(16-10-24)35-20-19-30-29(32)21-31(26-13-11-25(12-14-26)22(2)3)36(33,34)28-17-7-23(4)8-18-28/h7-18,22H,5-6,19-21H2,1-4H3,(H,30,32). The van der Waals surface area contributed by atoms with Gasteiger partial charge >= 0.3 is 0 Å². The van der Waals surface area contributed by atoms with Crippen molar-refractivity contribution in [1.29, 1.82) is 0 Å². The maximum absolute atomic E-state index is 13.5. The molecule has 0 aliphatic carbocycles. The van der Waals surface area contributed by atoms with Crippen molar-refractivity contribution in [3.63, 3.8) is 0 Å². The normalized spacial score (nSPS) is 11.4. The summed E-state index contributed by atoms with van der Waals surface area (Å²) in [6.45, 7) is 8.40. The highest BCUT2D eigenvalue weighted by Crippen LogP contribution is 2.26. The summed E-state index contributed by atoms with van der Waals surface area (Å²) in [6, 6.07) is 21.8. The minimum absolute atomic E-state index is 0.142. The summed E-state index contributed by atoms with van der Waals surface area (Å²) in [7, 11) is -3.94. The van der Waals surface area contributed by atoms with E-state index < -0.39 is 15.9 Å². The maximum atomic E-state index is 13.5. The number of carbonyl (C=O) groups is 1. The van der Waals surface area contributed by atoms with Gasteiger partial charge in [0.05, 0.1) is 17.1 Å². The molecule has 6 nitrogen and oxygen atoms in total. The Morgan fingerprint density at radius 2 is 1.58 bits per heavy atom. The zero-order valence-electron chi connectivity index (χ0n) is 21.5. The van der Waals surface area contributed by atoms with Gasteiger partial charge in [0.25, 0.3) is 10.0 Å². The molecule has 192 valence electrons. The molecule has 0 atom stereocenters. The molecule has 3 aromatic rings. The van der Waals surface area contributed by atoms with Crippen LogP contribution in [-0.2, 0) is 21.2 Å². The highest BCUT2D eigenvalue weighted by atomic mass is 32.2. The van der Waals surface area contributed by atoms with E-state index in [-0.39, 0.29) is 24.6 Å². The molecule has 0 aromatic heterocycles. The Balaban J connectivity index is 1.68. The van der Waals surface area contributed by atoms with E-state index in [1.165, 1.54) is 5.56 Å². The van der Waals surface area contributed by atoms with Crippen molar-refractivity contribution in [2.75, 3.05) is 24.0 Å². The van der Waals surface area contributed by atoms with Gasteiger partial charge in [0.1, 0.15) is 18.9 Å². The van der Waals surface area contributed by atoms with E-state index in [4.69, 9.17) is 4.74 Å². The maximum Gasteiger partial charge on any atom is 0.264 e. The molecule has 3 aromatic carbocycles. The van der Waals surface area contributed by atoms with Crippen molar-refractivity contribution in [3.05, 3.63) is 89.5 Å². The summed E-state index contributed by atoms with van der Waals surface area (Å²) in [4.78, 5) is 12.9. The van der Waals surface area contributed by atoms with E-state index in [1.807, 2.05) is 43.3 Å². The summed E-state index contributed by atoms with van der Waals surface area (Å²) in [6.07, 6.45) is 2.11. The number of ether oxygens (including phenoxy) is 1. The predicted octanol–water partition coefficient (Wildman–Crippen LogP) is 5.46. The van der Waals surface area contributed by atoms with Gasteiger partial charge in [-0.25, -0.2) is 8.42 Å². The van der Waals surface area contributed by atoms with E-state index in [9.17, 15) is 13.2 Å². The predicted molar refractivity (Wildman–Crippen MR) is 145 cm³/mol. The molecule has 0 saturated carbocycles. The fourth-order valence-electron chi connectivity index (χ4n) is 3.76. The quantitative estimate of drug-likeness (QED) is 0.330. The van der Waals surface area contributed by atoms with Crippen LogP contribution in [0.3, 0.4) is 0 Å². The van der Waals surface area contributed by atoms with Crippen molar-refractivity contribution < 1.29 is 17.9 Å². The van der Waals surface area contributed by atoms with E-state index >= 15 is 0 Å². The molecular formula is C29H36N2O4S. The van der Waals surface area contributed by atoms with Crippen LogP contribution in [0.2, 0.25) is 0 Å². The van der Waals surface area contributed by atoms with E-state index in [0.717, 1.165) is 34.0 Å². The van der Waals surface area contributed by atoms with Gasteiger partial charge in [0, 0.05) is 0 Å². The van der Waals surface area contributed by atoms with Crippen molar-refractivity contribution in [1.82, 2.24) is 5.32 Å². The molecule has 0 heterocycles. The number of rotatable bonds is 12. The summed E-state index contributed by atoms with van der Waals surface area (Å²) in [5.41, 5.74) is 3.75. The van der Waals surface area contributed by atoms with Crippen LogP contribution in [0.25, 0.3) is 0 Å². The van der Waals surface area contributed by atoms with Gasteiger partial charge in [-0.2, -0.15) is 0 Å². The lowest BCUT2D eigenvalue weighted by Crippen LogP contribution is -2.41. The van der Waals surface area contributed by atoms with E-state index in [1.54, 1.807) is 36.4 Å². The van der Waals surface area contributed by atoms with Crippen LogP contribution in [0.15, 0.2) is 77.7 Å². The first-order valence-corrected chi connectivity index (χ1v) is 13.8.